The third-order valence-corrected chi connectivity index (χ3v) is 3.33. The maximum Gasteiger partial charge on any atom is 0.246 e. The van der Waals surface area contributed by atoms with Crippen LogP contribution in [0.2, 0.25) is 0 Å². The fourth-order valence-corrected chi connectivity index (χ4v) is 2.21. The highest BCUT2D eigenvalue weighted by molar-refractivity contribution is 8.03. The molecule has 0 saturated heterocycles. The number of rotatable bonds is 2. The van der Waals surface area contributed by atoms with E-state index in [4.69, 9.17) is 5.21 Å². The summed E-state index contributed by atoms with van der Waals surface area (Å²) < 4.78 is 40.4. The Morgan fingerprint density at radius 1 is 1.00 bits per heavy atom. The number of hydrogen-bond acceptors (Lipinski definition) is 5. The molecule has 0 aromatic carbocycles. The monoisotopic (exact) mass is 189 g/mol. The molecule has 1 N–H and O–H groups in total. The molecule has 0 rings (SSSR count). The lowest BCUT2D eigenvalue weighted by atomic mass is 12.0. The summed E-state index contributed by atoms with van der Waals surface area (Å²) in [6, 6.07) is 0. The Hall–Kier alpha value is -0.180. The second-order valence-corrected chi connectivity index (χ2v) is 5.56. The summed E-state index contributed by atoms with van der Waals surface area (Å²) in [5.74, 6) is 0. The highest BCUT2D eigenvalue weighted by Gasteiger charge is 2.23. The summed E-state index contributed by atoms with van der Waals surface area (Å²) in [6.45, 7) is 0. The van der Waals surface area contributed by atoms with Crippen molar-refractivity contribution >= 4 is 20.0 Å². The summed E-state index contributed by atoms with van der Waals surface area (Å²) in [5.41, 5.74) is 0. The molecular weight excluding hydrogens is 182 g/mol. The van der Waals surface area contributed by atoms with Crippen LogP contribution in [0.25, 0.3) is 0 Å². The van der Waals surface area contributed by atoms with Gasteiger partial charge in [0.2, 0.25) is 20.0 Å². The summed E-state index contributed by atoms with van der Waals surface area (Å²) in [6.07, 6.45) is 1.15. The van der Waals surface area contributed by atoms with Crippen LogP contribution >= 0.6 is 0 Å². The normalized spacial score (nSPS) is 14.0. The Morgan fingerprint density at radius 2 is 1.20 bits per heavy atom. The summed E-state index contributed by atoms with van der Waals surface area (Å²) >= 11 is 0. The van der Waals surface area contributed by atoms with E-state index in [9.17, 15) is 16.8 Å². The molecule has 0 aliphatic heterocycles. The molecule has 10 heavy (non-hydrogen) atoms. The highest BCUT2D eigenvalue weighted by atomic mass is 32.3. The van der Waals surface area contributed by atoms with Crippen LogP contribution in [-0.2, 0) is 20.0 Å². The first-order chi connectivity index (χ1) is 4.15. The van der Waals surface area contributed by atoms with Gasteiger partial charge in [0.05, 0.1) is 12.5 Å². The minimum Gasteiger partial charge on any atom is -0.286 e. The minimum absolute atomic E-state index is 0.577. The molecule has 0 aliphatic rings. The molecule has 0 radical (unpaired) electrons. The van der Waals surface area contributed by atoms with Crippen LogP contribution < -0.4 is 0 Å². The van der Waals surface area contributed by atoms with Crippen LogP contribution in [0.15, 0.2) is 0 Å². The Bertz CT molecular complexity index is 267. The molecule has 0 saturated carbocycles. The topological polar surface area (TPSA) is 91.8 Å². The van der Waals surface area contributed by atoms with Crippen molar-refractivity contribution in [3.8, 4) is 0 Å². The Morgan fingerprint density at radius 3 is 1.20 bits per heavy atom. The SMILES string of the molecule is CS(=O)(=O)N(O)S(C)(=O)=O. The molecule has 0 aromatic rings. The molecule has 0 atom stereocenters. The van der Waals surface area contributed by atoms with Gasteiger partial charge in [-0.25, -0.2) is 16.8 Å². The van der Waals surface area contributed by atoms with Crippen LogP contribution in [-0.4, -0.2) is 38.4 Å². The number of nitrogens with zero attached hydrogens (tertiary/aromatic N) is 1. The first-order valence-electron chi connectivity index (χ1n) is 2.05. The van der Waals surface area contributed by atoms with Crippen molar-refractivity contribution in [1.82, 2.24) is 3.87 Å². The fourth-order valence-electron chi connectivity index (χ4n) is 0.246. The molecule has 0 spiro atoms. The van der Waals surface area contributed by atoms with Gasteiger partial charge in [0.1, 0.15) is 0 Å². The molecule has 8 heteroatoms. The molecule has 0 heterocycles. The zero-order valence-corrected chi connectivity index (χ0v) is 6.98. The van der Waals surface area contributed by atoms with E-state index < -0.39 is 23.9 Å². The zero-order chi connectivity index (χ0) is 8.58. The Balaban J connectivity index is 4.94. The van der Waals surface area contributed by atoms with Crippen LogP contribution in [0.1, 0.15) is 0 Å². The second kappa shape index (κ2) is 2.46. The van der Waals surface area contributed by atoms with Crippen molar-refractivity contribution in [3.63, 3.8) is 0 Å². The van der Waals surface area contributed by atoms with Crippen LogP contribution in [0.5, 0.6) is 0 Å². The average Bonchev–Trinajstić information content (AvgIpc) is 1.59. The van der Waals surface area contributed by atoms with Crippen molar-refractivity contribution in [2.75, 3.05) is 12.5 Å². The zero-order valence-electron chi connectivity index (χ0n) is 5.34. The van der Waals surface area contributed by atoms with E-state index in [0.29, 0.717) is 12.5 Å². The van der Waals surface area contributed by atoms with E-state index in [1.54, 1.807) is 0 Å². The molecule has 0 amide bonds. The predicted molar refractivity (Wildman–Crippen MR) is 33.3 cm³/mol. The standard InChI is InChI=1S/C2H7NO5S2/c1-9(5,6)3(4)10(2,7)8/h4H,1-2H3. The van der Waals surface area contributed by atoms with E-state index in [1.807, 2.05) is 0 Å². The van der Waals surface area contributed by atoms with Gasteiger partial charge in [-0.3, -0.25) is 5.21 Å². The van der Waals surface area contributed by atoms with E-state index in [-0.39, 0.29) is 0 Å². The van der Waals surface area contributed by atoms with E-state index >= 15 is 0 Å². The smallest absolute Gasteiger partial charge is 0.246 e. The lowest BCUT2D eigenvalue weighted by Gasteiger charge is -2.06. The predicted octanol–water partition coefficient (Wildman–Crippen LogP) is -1.40. The van der Waals surface area contributed by atoms with Crippen molar-refractivity contribution < 1.29 is 22.0 Å². The Labute approximate surface area is 59.1 Å². The summed E-state index contributed by atoms with van der Waals surface area (Å²) in [7, 11) is -8.12. The molecule has 0 bridgehead atoms. The van der Waals surface area contributed by atoms with Crippen LogP contribution in [0, 0.1) is 0 Å². The van der Waals surface area contributed by atoms with Crippen molar-refractivity contribution in [2.24, 2.45) is 0 Å². The van der Waals surface area contributed by atoms with Gasteiger partial charge in [-0.2, -0.15) is 0 Å². The lowest BCUT2D eigenvalue weighted by Crippen LogP contribution is -2.31. The van der Waals surface area contributed by atoms with Gasteiger partial charge >= 0.3 is 0 Å². The highest BCUT2D eigenvalue weighted by Crippen LogP contribution is 1.98. The van der Waals surface area contributed by atoms with E-state index in [2.05, 4.69) is 0 Å². The summed E-state index contributed by atoms with van der Waals surface area (Å²) in [4.78, 5) is 0. The van der Waals surface area contributed by atoms with Gasteiger partial charge in [-0.05, 0) is 0 Å². The molecule has 62 valence electrons. The summed E-state index contributed by atoms with van der Waals surface area (Å²) in [5, 5.41) is 8.38. The first kappa shape index (κ1) is 9.82. The van der Waals surface area contributed by atoms with Crippen molar-refractivity contribution in [1.29, 1.82) is 0 Å². The molecule has 0 aromatic heterocycles. The molecule has 6 nitrogen and oxygen atoms in total. The van der Waals surface area contributed by atoms with Gasteiger partial charge in [-0.1, -0.05) is 0 Å². The molecule has 0 fully saturated rings. The van der Waals surface area contributed by atoms with E-state index in [1.165, 1.54) is 0 Å². The van der Waals surface area contributed by atoms with Gasteiger partial charge in [0, 0.05) is 3.87 Å². The molecule has 0 aliphatic carbocycles. The maximum atomic E-state index is 10.3. The first-order valence-corrected chi connectivity index (χ1v) is 5.74. The average molecular weight is 189 g/mol. The van der Waals surface area contributed by atoms with E-state index in [0.717, 1.165) is 0 Å². The van der Waals surface area contributed by atoms with Crippen molar-refractivity contribution in [3.05, 3.63) is 0 Å². The minimum atomic E-state index is -4.06. The van der Waals surface area contributed by atoms with Gasteiger partial charge in [0.15, 0.2) is 0 Å². The largest absolute Gasteiger partial charge is 0.286 e. The number of hydrogen-bond donors (Lipinski definition) is 1. The number of sulfonamides is 2. The fraction of sp³-hybridized carbons (Fsp3) is 1.00. The maximum absolute atomic E-state index is 10.3. The second-order valence-electron chi connectivity index (χ2n) is 1.70. The third kappa shape index (κ3) is 2.60. The molecule has 0 unspecified atom stereocenters. The van der Waals surface area contributed by atoms with Gasteiger partial charge in [0.25, 0.3) is 0 Å². The Kier molecular flexibility index (Phi) is 2.41. The quantitative estimate of drug-likeness (QED) is 0.539. The third-order valence-electron chi connectivity index (χ3n) is 0.567. The molecular formula is C2H7NO5S2. The van der Waals surface area contributed by atoms with Gasteiger partial charge in [-0.15, -0.1) is 0 Å². The van der Waals surface area contributed by atoms with Crippen LogP contribution in [0.4, 0.5) is 0 Å². The van der Waals surface area contributed by atoms with Crippen LogP contribution in [0.3, 0.4) is 0 Å². The van der Waals surface area contributed by atoms with Gasteiger partial charge < -0.3 is 0 Å². The lowest BCUT2D eigenvalue weighted by molar-refractivity contribution is 0.0963. The van der Waals surface area contributed by atoms with Crippen molar-refractivity contribution in [2.45, 2.75) is 0 Å².